The highest BCUT2D eigenvalue weighted by Crippen LogP contribution is 2.31. The quantitative estimate of drug-likeness (QED) is 0.737. The van der Waals surface area contributed by atoms with E-state index in [1.807, 2.05) is 30.3 Å². The summed E-state index contributed by atoms with van der Waals surface area (Å²) >= 11 is 0.792. The predicted molar refractivity (Wildman–Crippen MR) is 93.1 cm³/mol. The Morgan fingerprint density at radius 3 is 2.64 bits per heavy atom. The molecule has 0 saturated heterocycles. The third-order valence-electron chi connectivity index (χ3n) is 3.03. The molecule has 1 aliphatic heterocycles. The number of carbonyl (C=O) groups excluding carboxylic acids is 2. The summed E-state index contributed by atoms with van der Waals surface area (Å²) in [7, 11) is 0. The molecule has 2 N–H and O–H groups in total. The molecular weight excluding hydrogens is 346 g/mol. The Kier molecular flexibility index (Phi) is 6.91. The molecular formula is C17H19NO6S. The Bertz CT molecular complexity index is 673. The zero-order chi connectivity index (χ0) is 18.2. The Labute approximate surface area is 149 Å². The van der Waals surface area contributed by atoms with E-state index in [0.29, 0.717) is 11.5 Å². The first-order valence-electron chi connectivity index (χ1n) is 7.56. The van der Waals surface area contributed by atoms with Gasteiger partial charge in [0.1, 0.15) is 6.04 Å². The van der Waals surface area contributed by atoms with Gasteiger partial charge in [0.2, 0.25) is 0 Å². The lowest BCUT2D eigenvalue weighted by Gasteiger charge is -2.09. The molecule has 2 rings (SSSR count). The first-order chi connectivity index (χ1) is 12.0. The van der Waals surface area contributed by atoms with Gasteiger partial charge in [-0.05, 0) is 25.3 Å². The van der Waals surface area contributed by atoms with Crippen molar-refractivity contribution in [1.29, 1.82) is 0 Å². The number of carbonyl (C=O) groups is 2. The first-order valence-corrected chi connectivity index (χ1v) is 8.54. The lowest BCUT2D eigenvalue weighted by atomic mass is 10.2. The van der Waals surface area contributed by atoms with E-state index < -0.39 is 17.3 Å². The molecule has 0 fully saturated rings. The van der Waals surface area contributed by atoms with Crippen molar-refractivity contribution in [2.45, 2.75) is 13.0 Å². The largest absolute Gasteiger partial charge is 0.465 e. The zero-order valence-corrected chi connectivity index (χ0v) is 14.5. The SMILES string of the molecule is C=C1OC(COC(=O)SC[C@H](N)C(=O)OCC)=C(c2ccccc2)O1. The highest BCUT2D eigenvalue weighted by molar-refractivity contribution is 8.13. The fraction of sp³-hybridized carbons (Fsp3) is 0.294. The minimum Gasteiger partial charge on any atom is -0.465 e. The van der Waals surface area contributed by atoms with Crippen molar-refractivity contribution in [1.82, 2.24) is 0 Å². The molecule has 1 aliphatic rings. The molecule has 134 valence electrons. The average Bonchev–Trinajstić information content (AvgIpc) is 2.99. The molecule has 25 heavy (non-hydrogen) atoms. The summed E-state index contributed by atoms with van der Waals surface area (Å²) in [6.07, 6.45) is 0. The molecule has 0 saturated carbocycles. The predicted octanol–water partition coefficient (Wildman–Crippen LogP) is 2.63. The van der Waals surface area contributed by atoms with Crippen LogP contribution in [0.15, 0.2) is 48.6 Å². The number of nitrogens with two attached hydrogens (primary N) is 1. The Hall–Kier alpha value is -2.45. The van der Waals surface area contributed by atoms with Gasteiger partial charge in [-0.3, -0.25) is 4.79 Å². The second kappa shape index (κ2) is 9.14. The van der Waals surface area contributed by atoms with Crippen molar-refractivity contribution >= 4 is 28.8 Å². The van der Waals surface area contributed by atoms with E-state index in [9.17, 15) is 9.59 Å². The van der Waals surface area contributed by atoms with Gasteiger partial charge in [0, 0.05) is 11.3 Å². The molecule has 1 heterocycles. The minimum atomic E-state index is -0.887. The molecule has 0 bridgehead atoms. The maximum atomic E-state index is 11.8. The number of thioether (sulfide) groups is 1. The summed E-state index contributed by atoms with van der Waals surface area (Å²) < 4.78 is 20.7. The number of ether oxygens (including phenoxy) is 4. The van der Waals surface area contributed by atoms with Gasteiger partial charge in [0.15, 0.2) is 18.1 Å². The van der Waals surface area contributed by atoms with Crippen LogP contribution in [-0.2, 0) is 23.7 Å². The third kappa shape index (κ3) is 5.54. The second-order valence-corrected chi connectivity index (χ2v) is 5.86. The van der Waals surface area contributed by atoms with Gasteiger partial charge in [0.25, 0.3) is 5.95 Å². The summed E-state index contributed by atoms with van der Waals surface area (Å²) in [5.74, 6) is 0.417. The van der Waals surface area contributed by atoms with E-state index in [4.69, 9.17) is 24.7 Å². The summed E-state index contributed by atoms with van der Waals surface area (Å²) in [6.45, 7) is 5.40. The minimum absolute atomic E-state index is 0.0618. The molecule has 0 aromatic heterocycles. The van der Waals surface area contributed by atoms with Crippen LogP contribution < -0.4 is 5.73 Å². The molecule has 7 nitrogen and oxygen atoms in total. The number of benzene rings is 1. The lowest BCUT2D eigenvalue weighted by molar-refractivity contribution is -0.144. The fourth-order valence-electron chi connectivity index (χ4n) is 1.92. The van der Waals surface area contributed by atoms with Gasteiger partial charge in [-0.15, -0.1) is 0 Å². The topological polar surface area (TPSA) is 97.1 Å². The maximum absolute atomic E-state index is 11.8. The van der Waals surface area contributed by atoms with Crippen molar-refractivity contribution in [3.05, 3.63) is 54.2 Å². The van der Waals surface area contributed by atoms with Crippen molar-refractivity contribution in [3.8, 4) is 0 Å². The normalized spacial score (nSPS) is 14.6. The third-order valence-corrected chi connectivity index (χ3v) is 3.91. The highest BCUT2D eigenvalue weighted by atomic mass is 32.2. The Morgan fingerprint density at radius 2 is 1.96 bits per heavy atom. The molecule has 8 heteroatoms. The molecule has 0 amide bonds. The van der Waals surface area contributed by atoms with E-state index in [1.54, 1.807) is 6.92 Å². The zero-order valence-electron chi connectivity index (χ0n) is 13.7. The van der Waals surface area contributed by atoms with Crippen molar-refractivity contribution in [2.24, 2.45) is 5.73 Å². The van der Waals surface area contributed by atoms with Gasteiger partial charge in [0.05, 0.1) is 6.61 Å². The summed E-state index contributed by atoms with van der Waals surface area (Å²) in [6, 6.07) is 8.37. The average molecular weight is 365 g/mol. The van der Waals surface area contributed by atoms with Gasteiger partial charge in [-0.1, -0.05) is 30.3 Å². The molecule has 1 atom stereocenters. The first kappa shape index (κ1) is 18.9. The fourth-order valence-corrected chi connectivity index (χ4v) is 2.52. The highest BCUT2D eigenvalue weighted by Gasteiger charge is 2.25. The number of hydrogen-bond donors (Lipinski definition) is 1. The van der Waals surface area contributed by atoms with Crippen LogP contribution in [0.3, 0.4) is 0 Å². The molecule has 0 radical (unpaired) electrons. The lowest BCUT2D eigenvalue weighted by Crippen LogP contribution is -2.35. The smallest absolute Gasteiger partial charge is 0.367 e. The van der Waals surface area contributed by atoms with Gasteiger partial charge < -0.3 is 24.7 Å². The van der Waals surface area contributed by atoms with Gasteiger partial charge >= 0.3 is 11.3 Å². The molecule has 0 aliphatic carbocycles. The van der Waals surface area contributed by atoms with Crippen LogP contribution in [0.25, 0.3) is 5.76 Å². The van der Waals surface area contributed by atoms with E-state index in [1.165, 1.54) is 0 Å². The standard InChI is InChI=1S/C17H19NO6S/c1-3-21-16(19)13(18)10-25-17(20)22-9-14-15(24-11(2)23-14)12-7-5-4-6-8-12/h4-8,13H,2-3,9-10,18H2,1H3/t13-/m0/s1. The summed E-state index contributed by atoms with van der Waals surface area (Å²) in [5, 5.41) is -0.583. The van der Waals surface area contributed by atoms with Crippen LogP contribution in [0.1, 0.15) is 12.5 Å². The summed E-state index contributed by atoms with van der Waals surface area (Å²) in [5.41, 5.74) is 6.40. The van der Waals surface area contributed by atoms with E-state index >= 15 is 0 Å². The number of hydrogen-bond acceptors (Lipinski definition) is 8. The maximum Gasteiger partial charge on any atom is 0.367 e. The van der Waals surface area contributed by atoms with E-state index in [-0.39, 0.29) is 24.9 Å². The number of rotatable bonds is 7. The Balaban J connectivity index is 1.87. The van der Waals surface area contributed by atoms with Crippen LogP contribution in [-0.4, -0.2) is 36.3 Å². The van der Waals surface area contributed by atoms with Crippen molar-refractivity contribution in [2.75, 3.05) is 19.0 Å². The van der Waals surface area contributed by atoms with Gasteiger partial charge in [-0.2, -0.15) is 0 Å². The molecule has 1 aromatic carbocycles. The van der Waals surface area contributed by atoms with E-state index in [2.05, 4.69) is 6.58 Å². The second-order valence-electron chi connectivity index (χ2n) is 4.90. The summed E-state index contributed by atoms with van der Waals surface area (Å²) in [4.78, 5) is 23.2. The van der Waals surface area contributed by atoms with Crippen molar-refractivity contribution < 1.29 is 28.5 Å². The Morgan fingerprint density at radius 1 is 1.24 bits per heavy atom. The monoisotopic (exact) mass is 365 g/mol. The van der Waals surface area contributed by atoms with Crippen LogP contribution in [0.5, 0.6) is 0 Å². The number of esters is 1. The van der Waals surface area contributed by atoms with Crippen LogP contribution in [0.2, 0.25) is 0 Å². The molecule has 0 spiro atoms. The molecule has 0 unspecified atom stereocenters. The molecule has 1 aromatic rings. The van der Waals surface area contributed by atoms with Crippen LogP contribution >= 0.6 is 11.8 Å². The van der Waals surface area contributed by atoms with E-state index in [0.717, 1.165) is 17.3 Å². The van der Waals surface area contributed by atoms with Crippen LogP contribution in [0.4, 0.5) is 4.79 Å². The van der Waals surface area contributed by atoms with Crippen LogP contribution in [0, 0.1) is 0 Å². The van der Waals surface area contributed by atoms with Gasteiger partial charge in [-0.25, -0.2) is 4.79 Å². The van der Waals surface area contributed by atoms with Crippen molar-refractivity contribution in [3.63, 3.8) is 0 Å².